The Labute approximate surface area is 165 Å². The highest BCUT2D eigenvalue weighted by Gasteiger charge is 2.47. The van der Waals surface area contributed by atoms with E-state index in [4.69, 9.17) is 4.42 Å². The van der Waals surface area contributed by atoms with Crippen LogP contribution in [0.5, 0.6) is 5.75 Å². The Bertz CT molecular complexity index is 1110. The quantitative estimate of drug-likeness (QED) is 0.637. The summed E-state index contributed by atoms with van der Waals surface area (Å²) in [6, 6.07) is 10.6. The monoisotopic (exact) mass is 395 g/mol. The van der Waals surface area contributed by atoms with Gasteiger partial charge >= 0.3 is 0 Å². The number of rotatable bonds is 4. The fourth-order valence-electron chi connectivity index (χ4n) is 3.32. The summed E-state index contributed by atoms with van der Waals surface area (Å²) in [7, 11) is 0. The van der Waals surface area contributed by atoms with Gasteiger partial charge in [-0.15, -0.1) is 11.3 Å². The molecule has 6 nitrogen and oxygen atoms in total. The normalized spacial score (nSPS) is 16.9. The minimum atomic E-state index is -0.983. The number of ketones is 1. The second kappa shape index (κ2) is 6.69. The number of aliphatic hydroxyl groups is 1. The van der Waals surface area contributed by atoms with E-state index >= 15 is 0 Å². The van der Waals surface area contributed by atoms with Crippen LogP contribution < -0.4 is 4.90 Å². The Hall–Kier alpha value is -3.32. The van der Waals surface area contributed by atoms with Gasteiger partial charge in [-0.3, -0.25) is 14.5 Å². The number of aromatic hydroxyl groups is 1. The number of furan rings is 1. The highest BCUT2D eigenvalue weighted by molar-refractivity contribution is 7.12. The molecule has 1 aliphatic rings. The fourth-order valence-corrected chi connectivity index (χ4v) is 4.00. The third-order valence-electron chi connectivity index (χ3n) is 4.62. The zero-order chi connectivity index (χ0) is 20.0. The summed E-state index contributed by atoms with van der Waals surface area (Å²) in [6.45, 7) is 3.57. The molecule has 1 atom stereocenters. The SMILES string of the molecule is Cc1ccc(O)c(N2C(=O)C(O)=C(C(=O)c3cccs3)C2c2ccc(C)o2)c1. The molecule has 0 fully saturated rings. The third-order valence-corrected chi connectivity index (χ3v) is 5.49. The van der Waals surface area contributed by atoms with Crippen LogP contribution in [0.15, 0.2) is 63.6 Å². The number of anilines is 1. The number of hydrogen-bond acceptors (Lipinski definition) is 6. The second-order valence-corrected chi connectivity index (χ2v) is 7.53. The molecule has 1 amide bonds. The molecule has 1 unspecified atom stereocenters. The van der Waals surface area contributed by atoms with E-state index in [-0.39, 0.29) is 17.0 Å². The minimum Gasteiger partial charge on any atom is -0.506 e. The molecule has 142 valence electrons. The Balaban J connectivity index is 1.91. The Morgan fingerprint density at radius 3 is 2.57 bits per heavy atom. The van der Waals surface area contributed by atoms with Crippen molar-refractivity contribution >= 4 is 28.7 Å². The lowest BCUT2D eigenvalue weighted by atomic mass is 9.99. The van der Waals surface area contributed by atoms with E-state index in [1.54, 1.807) is 48.7 Å². The molecule has 0 bridgehead atoms. The first-order chi connectivity index (χ1) is 13.4. The number of amides is 1. The number of benzene rings is 1. The summed E-state index contributed by atoms with van der Waals surface area (Å²) in [5.41, 5.74) is 0.944. The summed E-state index contributed by atoms with van der Waals surface area (Å²) in [5, 5.41) is 22.7. The molecular weight excluding hydrogens is 378 g/mol. The van der Waals surface area contributed by atoms with Crippen molar-refractivity contribution in [2.45, 2.75) is 19.9 Å². The van der Waals surface area contributed by atoms with Gasteiger partial charge in [0.15, 0.2) is 5.76 Å². The van der Waals surface area contributed by atoms with Gasteiger partial charge in [-0.1, -0.05) is 12.1 Å². The second-order valence-electron chi connectivity index (χ2n) is 6.59. The fraction of sp³-hybridized carbons (Fsp3) is 0.143. The average molecular weight is 395 g/mol. The smallest absolute Gasteiger partial charge is 0.294 e. The van der Waals surface area contributed by atoms with Crippen LogP contribution in [-0.4, -0.2) is 21.9 Å². The highest BCUT2D eigenvalue weighted by atomic mass is 32.1. The lowest BCUT2D eigenvalue weighted by Gasteiger charge is -2.25. The number of phenols is 1. The lowest BCUT2D eigenvalue weighted by molar-refractivity contribution is -0.117. The average Bonchev–Trinajstić information content (AvgIpc) is 3.38. The van der Waals surface area contributed by atoms with Crippen molar-refractivity contribution in [2.24, 2.45) is 0 Å². The van der Waals surface area contributed by atoms with E-state index < -0.39 is 23.5 Å². The number of carbonyl (C=O) groups is 2. The van der Waals surface area contributed by atoms with Crippen molar-refractivity contribution in [1.29, 1.82) is 0 Å². The van der Waals surface area contributed by atoms with Crippen LogP contribution in [0.4, 0.5) is 5.69 Å². The zero-order valence-electron chi connectivity index (χ0n) is 15.2. The summed E-state index contributed by atoms with van der Waals surface area (Å²) in [5.74, 6) is -1.06. The topological polar surface area (TPSA) is 91.0 Å². The van der Waals surface area contributed by atoms with Gasteiger partial charge in [0, 0.05) is 0 Å². The number of Topliss-reactive ketones (excluding diaryl/α,β-unsaturated/α-hetero) is 1. The van der Waals surface area contributed by atoms with E-state index in [1.165, 1.54) is 22.3 Å². The summed E-state index contributed by atoms with van der Waals surface area (Å²) >= 11 is 1.22. The maximum atomic E-state index is 13.1. The minimum absolute atomic E-state index is 0.0669. The molecule has 0 spiro atoms. The van der Waals surface area contributed by atoms with Gasteiger partial charge in [-0.05, 0) is 55.1 Å². The molecule has 7 heteroatoms. The van der Waals surface area contributed by atoms with Gasteiger partial charge in [0.25, 0.3) is 5.91 Å². The molecule has 28 heavy (non-hydrogen) atoms. The highest BCUT2D eigenvalue weighted by Crippen LogP contribution is 2.45. The van der Waals surface area contributed by atoms with Crippen molar-refractivity contribution in [1.82, 2.24) is 0 Å². The molecule has 0 saturated heterocycles. The van der Waals surface area contributed by atoms with Crippen LogP contribution in [0.1, 0.15) is 32.8 Å². The van der Waals surface area contributed by atoms with Crippen LogP contribution in [0.2, 0.25) is 0 Å². The van der Waals surface area contributed by atoms with E-state index in [9.17, 15) is 19.8 Å². The molecule has 3 aromatic rings. The van der Waals surface area contributed by atoms with E-state index in [0.29, 0.717) is 16.4 Å². The maximum Gasteiger partial charge on any atom is 0.294 e. The Morgan fingerprint density at radius 2 is 1.93 bits per heavy atom. The summed E-state index contributed by atoms with van der Waals surface area (Å²) < 4.78 is 5.71. The van der Waals surface area contributed by atoms with Crippen LogP contribution in [0.3, 0.4) is 0 Å². The molecule has 2 aromatic heterocycles. The molecule has 0 radical (unpaired) electrons. The lowest BCUT2D eigenvalue weighted by Crippen LogP contribution is -2.31. The van der Waals surface area contributed by atoms with Crippen LogP contribution >= 0.6 is 11.3 Å². The first-order valence-electron chi connectivity index (χ1n) is 8.59. The number of carbonyl (C=O) groups excluding carboxylic acids is 2. The molecule has 1 aromatic carbocycles. The van der Waals surface area contributed by atoms with Crippen LogP contribution in [0, 0.1) is 13.8 Å². The largest absolute Gasteiger partial charge is 0.506 e. The number of phenolic OH excluding ortho intramolecular Hbond substituents is 1. The number of hydrogen-bond donors (Lipinski definition) is 2. The molecule has 0 saturated carbocycles. The molecular formula is C21H17NO5S. The van der Waals surface area contributed by atoms with Gasteiger partial charge in [0.05, 0.1) is 16.1 Å². The molecule has 4 rings (SSSR count). The van der Waals surface area contributed by atoms with E-state index in [0.717, 1.165) is 5.56 Å². The van der Waals surface area contributed by atoms with E-state index in [1.807, 2.05) is 6.92 Å². The van der Waals surface area contributed by atoms with Crippen molar-refractivity contribution in [3.05, 3.63) is 81.1 Å². The standard InChI is InChI=1S/C21H17NO5S/c1-11-5-7-14(23)13(10-11)22-18(15-8-6-12(2)27-15)17(20(25)21(22)26)19(24)16-4-3-9-28-16/h3-10,18,23,25H,1-2H3. The predicted molar refractivity (Wildman–Crippen MR) is 105 cm³/mol. The predicted octanol–water partition coefficient (Wildman–Crippen LogP) is 4.45. The van der Waals surface area contributed by atoms with Crippen LogP contribution in [0.25, 0.3) is 0 Å². The van der Waals surface area contributed by atoms with Gasteiger partial charge in [-0.25, -0.2) is 0 Å². The molecule has 0 aliphatic carbocycles. The van der Waals surface area contributed by atoms with Gasteiger partial charge in [-0.2, -0.15) is 0 Å². The van der Waals surface area contributed by atoms with Gasteiger partial charge < -0.3 is 14.6 Å². The number of nitrogens with zero attached hydrogens (tertiary/aromatic N) is 1. The Kier molecular flexibility index (Phi) is 4.31. The Morgan fingerprint density at radius 1 is 1.14 bits per heavy atom. The van der Waals surface area contributed by atoms with Crippen molar-refractivity contribution in [2.75, 3.05) is 4.90 Å². The first-order valence-corrected chi connectivity index (χ1v) is 9.47. The summed E-state index contributed by atoms with van der Waals surface area (Å²) in [6.07, 6.45) is 0. The van der Waals surface area contributed by atoms with Crippen molar-refractivity contribution in [3.63, 3.8) is 0 Å². The number of aryl methyl sites for hydroxylation is 2. The maximum absolute atomic E-state index is 13.1. The van der Waals surface area contributed by atoms with E-state index in [2.05, 4.69) is 0 Å². The summed E-state index contributed by atoms with van der Waals surface area (Å²) in [4.78, 5) is 27.7. The van der Waals surface area contributed by atoms with Gasteiger partial charge in [0.2, 0.25) is 5.78 Å². The number of aliphatic hydroxyl groups excluding tert-OH is 1. The van der Waals surface area contributed by atoms with Crippen molar-refractivity contribution in [3.8, 4) is 5.75 Å². The molecule has 3 heterocycles. The van der Waals surface area contributed by atoms with Gasteiger partial charge in [0.1, 0.15) is 23.3 Å². The third kappa shape index (κ3) is 2.80. The number of thiophene rings is 1. The zero-order valence-corrected chi connectivity index (χ0v) is 16.0. The van der Waals surface area contributed by atoms with Crippen molar-refractivity contribution < 1.29 is 24.2 Å². The van der Waals surface area contributed by atoms with Crippen LogP contribution in [-0.2, 0) is 4.79 Å². The molecule has 1 aliphatic heterocycles. The first kappa shape index (κ1) is 18.1. The molecule has 2 N–H and O–H groups in total.